The van der Waals surface area contributed by atoms with E-state index in [1.165, 1.54) is 0 Å². The molecule has 2 N–H and O–H groups in total. The van der Waals surface area contributed by atoms with Gasteiger partial charge in [0.1, 0.15) is 0 Å². The van der Waals surface area contributed by atoms with Gasteiger partial charge in [-0.25, -0.2) is 0 Å². The summed E-state index contributed by atoms with van der Waals surface area (Å²) < 4.78 is 36.3. The van der Waals surface area contributed by atoms with E-state index in [-0.39, 0.29) is 11.9 Å². The lowest BCUT2D eigenvalue weighted by Crippen LogP contribution is -2.58. The fourth-order valence-corrected chi connectivity index (χ4v) is 3.04. The molecule has 0 aromatic carbocycles. The third-order valence-corrected chi connectivity index (χ3v) is 4.31. The maximum atomic E-state index is 12.1. The van der Waals surface area contributed by atoms with Gasteiger partial charge in [-0.1, -0.05) is 6.92 Å². The summed E-state index contributed by atoms with van der Waals surface area (Å²) in [6.45, 7) is 0.596. The number of alkyl halides is 3. The number of aliphatic hydroxyl groups excluding tert-OH is 1. The van der Waals surface area contributed by atoms with Crippen LogP contribution in [0.4, 0.5) is 13.2 Å². The third-order valence-electron chi connectivity index (χ3n) is 2.84. The first-order chi connectivity index (χ1) is 6.90. The van der Waals surface area contributed by atoms with Crippen molar-refractivity contribution in [2.24, 2.45) is 0 Å². The molecule has 1 heterocycles. The Morgan fingerprint density at radius 1 is 1.53 bits per heavy atom. The van der Waals surface area contributed by atoms with Crippen LogP contribution in [-0.2, 0) is 0 Å². The van der Waals surface area contributed by atoms with Crippen molar-refractivity contribution < 1.29 is 18.3 Å². The summed E-state index contributed by atoms with van der Waals surface area (Å²) >= 11 is 1.61. The molecule has 1 aliphatic heterocycles. The Bertz CT molecular complexity index is 212. The first kappa shape index (κ1) is 13.1. The lowest BCUT2D eigenvalue weighted by Gasteiger charge is -2.41. The topological polar surface area (TPSA) is 32.3 Å². The van der Waals surface area contributed by atoms with Gasteiger partial charge in [0.2, 0.25) is 0 Å². The van der Waals surface area contributed by atoms with E-state index in [4.69, 9.17) is 0 Å². The van der Waals surface area contributed by atoms with E-state index < -0.39 is 18.3 Å². The van der Waals surface area contributed by atoms with Gasteiger partial charge in [-0.05, 0) is 18.6 Å². The summed E-state index contributed by atoms with van der Waals surface area (Å²) in [6, 6.07) is 0. The maximum Gasteiger partial charge on any atom is 0.401 e. The summed E-state index contributed by atoms with van der Waals surface area (Å²) in [5.41, 5.74) is -0.765. The highest BCUT2D eigenvalue weighted by Crippen LogP contribution is 2.34. The van der Waals surface area contributed by atoms with Crippen molar-refractivity contribution in [1.82, 2.24) is 5.32 Å². The Hall–Kier alpha value is 0.0600. The molecule has 0 aliphatic carbocycles. The molecule has 1 fully saturated rings. The van der Waals surface area contributed by atoms with Crippen LogP contribution in [0.3, 0.4) is 0 Å². The Labute approximate surface area is 91.6 Å². The minimum absolute atomic E-state index is 0.0126. The number of hydrogen-bond donors (Lipinski definition) is 2. The van der Waals surface area contributed by atoms with E-state index in [1.807, 2.05) is 6.92 Å². The van der Waals surface area contributed by atoms with E-state index in [1.54, 1.807) is 11.8 Å². The van der Waals surface area contributed by atoms with Crippen molar-refractivity contribution in [1.29, 1.82) is 0 Å². The molecule has 0 aromatic rings. The second-order valence-electron chi connectivity index (χ2n) is 3.90. The maximum absolute atomic E-state index is 12.1. The van der Waals surface area contributed by atoms with Gasteiger partial charge >= 0.3 is 6.18 Å². The Morgan fingerprint density at radius 3 is 2.67 bits per heavy atom. The molecule has 2 nitrogen and oxygen atoms in total. The summed E-state index contributed by atoms with van der Waals surface area (Å²) in [5.74, 6) is 0.955. The summed E-state index contributed by atoms with van der Waals surface area (Å²) in [5, 5.41) is 11.8. The van der Waals surface area contributed by atoms with Crippen LogP contribution in [0.25, 0.3) is 0 Å². The minimum Gasteiger partial charge on any atom is -0.394 e. The van der Waals surface area contributed by atoms with Crippen LogP contribution >= 0.6 is 11.8 Å². The van der Waals surface area contributed by atoms with E-state index in [2.05, 4.69) is 5.32 Å². The van der Waals surface area contributed by atoms with Crippen molar-refractivity contribution in [3.8, 4) is 0 Å². The number of rotatable bonds is 3. The van der Waals surface area contributed by atoms with E-state index in [9.17, 15) is 18.3 Å². The minimum atomic E-state index is -4.22. The fraction of sp³-hybridized carbons (Fsp3) is 1.00. The molecule has 2 unspecified atom stereocenters. The molecule has 6 heteroatoms. The fourth-order valence-electron chi connectivity index (χ4n) is 1.78. The molecule has 90 valence electrons. The molecule has 0 amide bonds. The largest absolute Gasteiger partial charge is 0.401 e. The van der Waals surface area contributed by atoms with Gasteiger partial charge < -0.3 is 10.4 Å². The van der Waals surface area contributed by atoms with E-state index in [0.29, 0.717) is 6.42 Å². The molecule has 15 heavy (non-hydrogen) atoms. The van der Waals surface area contributed by atoms with Crippen LogP contribution in [0.15, 0.2) is 0 Å². The van der Waals surface area contributed by atoms with Crippen LogP contribution in [-0.4, -0.2) is 41.0 Å². The normalized spacial score (nSPS) is 33.0. The second-order valence-corrected chi connectivity index (χ2v) is 5.35. The van der Waals surface area contributed by atoms with Crippen molar-refractivity contribution in [2.45, 2.75) is 36.7 Å². The van der Waals surface area contributed by atoms with Gasteiger partial charge in [0.25, 0.3) is 0 Å². The molecule has 0 saturated carbocycles. The standard InChI is InChI=1S/C9H16F3NOS/c1-7-8(6-14,3-2-4-15-7)13-5-9(10,11)12/h7,13-14H,2-6H2,1H3. The molecular formula is C9H16F3NOS. The Morgan fingerprint density at radius 2 is 2.20 bits per heavy atom. The third kappa shape index (κ3) is 3.53. The summed E-state index contributed by atoms with van der Waals surface area (Å²) in [4.78, 5) is 0. The molecule has 0 bridgehead atoms. The van der Waals surface area contributed by atoms with Crippen molar-refractivity contribution in [3.05, 3.63) is 0 Å². The highest BCUT2D eigenvalue weighted by atomic mass is 32.2. The SMILES string of the molecule is CC1SCCCC1(CO)NCC(F)(F)F. The predicted octanol–water partition coefficient (Wildman–Crippen LogP) is 1.78. The lowest BCUT2D eigenvalue weighted by atomic mass is 9.90. The molecule has 2 atom stereocenters. The monoisotopic (exact) mass is 243 g/mol. The van der Waals surface area contributed by atoms with E-state index in [0.717, 1.165) is 12.2 Å². The molecule has 1 saturated heterocycles. The van der Waals surface area contributed by atoms with Gasteiger partial charge in [-0.15, -0.1) is 0 Å². The van der Waals surface area contributed by atoms with Crippen LogP contribution in [0, 0.1) is 0 Å². The number of hydrogen-bond acceptors (Lipinski definition) is 3. The van der Waals surface area contributed by atoms with Crippen LogP contribution in [0.1, 0.15) is 19.8 Å². The van der Waals surface area contributed by atoms with E-state index >= 15 is 0 Å². The number of halogens is 3. The van der Waals surface area contributed by atoms with Crippen LogP contribution in [0.5, 0.6) is 0 Å². The first-order valence-corrected chi connectivity index (χ1v) is 5.99. The van der Waals surface area contributed by atoms with Crippen molar-refractivity contribution in [2.75, 3.05) is 18.9 Å². The first-order valence-electron chi connectivity index (χ1n) is 4.94. The van der Waals surface area contributed by atoms with Gasteiger partial charge in [0.05, 0.1) is 18.7 Å². The lowest BCUT2D eigenvalue weighted by molar-refractivity contribution is -0.130. The predicted molar refractivity (Wildman–Crippen MR) is 55.0 cm³/mol. The zero-order valence-corrected chi connectivity index (χ0v) is 9.42. The van der Waals surface area contributed by atoms with Gasteiger partial charge in [0, 0.05) is 5.25 Å². The smallest absolute Gasteiger partial charge is 0.394 e. The Kier molecular flexibility index (Phi) is 4.31. The highest BCUT2D eigenvalue weighted by molar-refractivity contribution is 8.00. The zero-order chi connectivity index (χ0) is 11.5. The van der Waals surface area contributed by atoms with Gasteiger partial charge in [-0.3, -0.25) is 0 Å². The summed E-state index contributed by atoms with van der Waals surface area (Å²) in [6.07, 6.45) is -2.77. The average Bonchev–Trinajstić information content (AvgIpc) is 2.16. The highest BCUT2D eigenvalue weighted by Gasteiger charge is 2.41. The second kappa shape index (κ2) is 4.93. The molecular weight excluding hydrogens is 227 g/mol. The quantitative estimate of drug-likeness (QED) is 0.792. The van der Waals surface area contributed by atoms with Crippen LogP contribution in [0.2, 0.25) is 0 Å². The number of aliphatic hydroxyl groups is 1. The van der Waals surface area contributed by atoms with Crippen molar-refractivity contribution in [3.63, 3.8) is 0 Å². The van der Waals surface area contributed by atoms with Gasteiger partial charge in [-0.2, -0.15) is 24.9 Å². The summed E-state index contributed by atoms with van der Waals surface area (Å²) in [7, 11) is 0. The number of thioether (sulfide) groups is 1. The van der Waals surface area contributed by atoms with Crippen LogP contribution < -0.4 is 5.32 Å². The van der Waals surface area contributed by atoms with Crippen molar-refractivity contribution >= 4 is 11.8 Å². The molecule has 0 spiro atoms. The average molecular weight is 243 g/mol. The molecule has 0 aromatic heterocycles. The zero-order valence-electron chi connectivity index (χ0n) is 8.60. The molecule has 0 radical (unpaired) electrons. The molecule has 1 aliphatic rings. The number of nitrogens with one attached hydrogen (secondary N) is 1. The Balaban J connectivity index is 2.59. The molecule has 1 rings (SSSR count). The van der Waals surface area contributed by atoms with Gasteiger partial charge in [0.15, 0.2) is 0 Å².